The van der Waals surface area contributed by atoms with Crippen LogP contribution in [0.15, 0.2) is 47.1 Å². The van der Waals surface area contributed by atoms with E-state index >= 15 is 0 Å². The molecule has 1 aromatic heterocycles. The van der Waals surface area contributed by atoms with Gasteiger partial charge in [0, 0.05) is 17.7 Å². The standard InChI is InChI=1S/C18H20N2O5/c1-2-24-17(22)10-9-16(21)20-14-7-5-13(6-8-14)18(23)19-12-15-4-3-11-25-15/h3-8,11H,2,9-10,12H2,1H3,(H,19,23)(H,20,21). The fourth-order valence-corrected chi connectivity index (χ4v) is 2.06. The van der Waals surface area contributed by atoms with E-state index < -0.39 is 5.97 Å². The average Bonchev–Trinajstić information content (AvgIpc) is 3.12. The molecule has 0 radical (unpaired) electrons. The molecular weight excluding hydrogens is 324 g/mol. The van der Waals surface area contributed by atoms with Gasteiger partial charge < -0.3 is 19.8 Å². The highest BCUT2D eigenvalue weighted by Gasteiger charge is 2.09. The highest BCUT2D eigenvalue weighted by molar-refractivity contribution is 5.96. The number of anilines is 1. The summed E-state index contributed by atoms with van der Waals surface area (Å²) in [6, 6.07) is 10.0. The lowest BCUT2D eigenvalue weighted by Gasteiger charge is -2.07. The molecule has 0 aliphatic carbocycles. The Labute approximate surface area is 145 Å². The molecule has 0 aliphatic heterocycles. The monoisotopic (exact) mass is 344 g/mol. The zero-order valence-electron chi connectivity index (χ0n) is 13.9. The predicted octanol–water partition coefficient (Wildman–Crippen LogP) is 2.49. The molecule has 2 rings (SSSR count). The molecule has 0 unspecified atom stereocenters. The molecule has 2 amide bonds. The molecule has 0 spiro atoms. The smallest absolute Gasteiger partial charge is 0.306 e. The van der Waals surface area contributed by atoms with Crippen molar-refractivity contribution in [2.45, 2.75) is 26.3 Å². The number of ether oxygens (including phenoxy) is 1. The van der Waals surface area contributed by atoms with Gasteiger partial charge in [-0.05, 0) is 43.3 Å². The number of nitrogens with one attached hydrogen (secondary N) is 2. The topological polar surface area (TPSA) is 97.6 Å². The van der Waals surface area contributed by atoms with E-state index in [2.05, 4.69) is 10.6 Å². The summed E-state index contributed by atoms with van der Waals surface area (Å²) in [6.07, 6.45) is 1.62. The van der Waals surface area contributed by atoms with E-state index in [9.17, 15) is 14.4 Å². The maximum absolute atomic E-state index is 12.0. The lowest BCUT2D eigenvalue weighted by Crippen LogP contribution is -2.22. The van der Waals surface area contributed by atoms with Gasteiger partial charge in [-0.2, -0.15) is 0 Å². The zero-order chi connectivity index (χ0) is 18.1. The van der Waals surface area contributed by atoms with Gasteiger partial charge in [-0.15, -0.1) is 0 Å². The Bertz CT molecular complexity index is 708. The first-order valence-corrected chi connectivity index (χ1v) is 7.94. The van der Waals surface area contributed by atoms with Crippen LogP contribution in [0.1, 0.15) is 35.9 Å². The molecule has 1 heterocycles. The first-order chi connectivity index (χ1) is 12.1. The molecule has 2 aromatic rings. The summed E-state index contributed by atoms with van der Waals surface area (Å²) in [5.41, 5.74) is 1.02. The Balaban J connectivity index is 1.79. The van der Waals surface area contributed by atoms with Crippen molar-refractivity contribution in [3.8, 4) is 0 Å². The minimum atomic E-state index is -0.402. The van der Waals surface area contributed by atoms with Crippen molar-refractivity contribution < 1.29 is 23.5 Å². The highest BCUT2D eigenvalue weighted by atomic mass is 16.5. The third-order valence-electron chi connectivity index (χ3n) is 3.30. The number of carbonyl (C=O) groups excluding carboxylic acids is 3. The fraction of sp³-hybridized carbons (Fsp3) is 0.278. The minimum absolute atomic E-state index is 0.0347. The van der Waals surface area contributed by atoms with Gasteiger partial charge in [0.2, 0.25) is 5.91 Å². The highest BCUT2D eigenvalue weighted by Crippen LogP contribution is 2.11. The average molecular weight is 344 g/mol. The number of hydrogen-bond donors (Lipinski definition) is 2. The second-order valence-corrected chi connectivity index (χ2v) is 5.19. The molecule has 25 heavy (non-hydrogen) atoms. The lowest BCUT2D eigenvalue weighted by molar-refractivity contribution is -0.144. The summed E-state index contributed by atoms with van der Waals surface area (Å²) in [5, 5.41) is 5.40. The van der Waals surface area contributed by atoms with Crippen molar-refractivity contribution in [2.24, 2.45) is 0 Å². The molecule has 0 fully saturated rings. The van der Waals surface area contributed by atoms with Crippen LogP contribution in [0.3, 0.4) is 0 Å². The van der Waals surface area contributed by atoms with Crippen LogP contribution in [-0.2, 0) is 20.9 Å². The molecule has 7 heteroatoms. The van der Waals surface area contributed by atoms with Crippen molar-refractivity contribution in [1.29, 1.82) is 0 Å². The summed E-state index contributed by atoms with van der Waals surface area (Å²) in [7, 11) is 0. The lowest BCUT2D eigenvalue weighted by atomic mass is 10.2. The first kappa shape index (κ1) is 18.3. The van der Waals surface area contributed by atoms with Crippen LogP contribution < -0.4 is 10.6 Å². The normalized spacial score (nSPS) is 10.1. The van der Waals surface area contributed by atoms with E-state index in [0.717, 1.165) is 0 Å². The largest absolute Gasteiger partial charge is 0.467 e. The van der Waals surface area contributed by atoms with Crippen LogP contribution in [0, 0.1) is 0 Å². The van der Waals surface area contributed by atoms with E-state index in [0.29, 0.717) is 30.2 Å². The quantitative estimate of drug-likeness (QED) is 0.717. The van der Waals surface area contributed by atoms with Crippen molar-refractivity contribution in [3.05, 3.63) is 54.0 Å². The van der Waals surface area contributed by atoms with E-state index in [1.54, 1.807) is 49.6 Å². The van der Waals surface area contributed by atoms with Crippen LogP contribution in [0.5, 0.6) is 0 Å². The molecular formula is C18H20N2O5. The molecule has 1 aromatic carbocycles. The minimum Gasteiger partial charge on any atom is -0.467 e. The number of carbonyl (C=O) groups is 3. The van der Waals surface area contributed by atoms with Gasteiger partial charge in [-0.3, -0.25) is 14.4 Å². The summed E-state index contributed by atoms with van der Waals surface area (Å²) in [4.78, 5) is 35.0. The van der Waals surface area contributed by atoms with E-state index in [1.165, 1.54) is 0 Å². The maximum Gasteiger partial charge on any atom is 0.306 e. The van der Waals surface area contributed by atoms with Crippen LogP contribution in [0.4, 0.5) is 5.69 Å². The predicted molar refractivity (Wildman–Crippen MR) is 90.8 cm³/mol. The van der Waals surface area contributed by atoms with Crippen molar-refractivity contribution in [3.63, 3.8) is 0 Å². The Kier molecular flexibility index (Phi) is 6.76. The van der Waals surface area contributed by atoms with E-state index in [4.69, 9.17) is 9.15 Å². The first-order valence-electron chi connectivity index (χ1n) is 7.94. The van der Waals surface area contributed by atoms with Gasteiger partial charge in [0.05, 0.1) is 25.8 Å². The summed E-state index contributed by atoms with van der Waals surface area (Å²) < 4.78 is 9.91. The molecule has 0 bridgehead atoms. The summed E-state index contributed by atoms with van der Waals surface area (Å²) >= 11 is 0. The van der Waals surface area contributed by atoms with Gasteiger partial charge in [0.15, 0.2) is 0 Å². The SMILES string of the molecule is CCOC(=O)CCC(=O)Nc1ccc(C(=O)NCc2ccco2)cc1. The zero-order valence-corrected chi connectivity index (χ0v) is 13.9. The number of benzene rings is 1. The van der Waals surface area contributed by atoms with Crippen LogP contribution >= 0.6 is 0 Å². The second-order valence-electron chi connectivity index (χ2n) is 5.19. The molecule has 0 atom stereocenters. The number of rotatable bonds is 8. The van der Waals surface area contributed by atoms with Crippen molar-refractivity contribution in [2.75, 3.05) is 11.9 Å². The number of hydrogen-bond acceptors (Lipinski definition) is 5. The molecule has 0 saturated heterocycles. The Hall–Kier alpha value is -3.09. The van der Waals surface area contributed by atoms with Gasteiger partial charge >= 0.3 is 5.97 Å². The molecule has 7 nitrogen and oxygen atoms in total. The van der Waals surface area contributed by atoms with Gasteiger partial charge in [0.25, 0.3) is 5.91 Å². The number of esters is 1. The van der Waals surface area contributed by atoms with Gasteiger partial charge in [-0.25, -0.2) is 0 Å². The van der Waals surface area contributed by atoms with E-state index in [1.807, 2.05) is 0 Å². The number of furan rings is 1. The van der Waals surface area contributed by atoms with Gasteiger partial charge in [-0.1, -0.05) is 0 Å². The Morgan fingerprint density at radius 1 is 1.08 bits per heavy atom. The van der Waals surface area contributed by atoms with Crippen LogP contribution in [0.25, 0.3) is 0 Å². The van der Waals surface area contributed by atoms with Crippen LogP contribution in [-0.4, -0.2) is 24.4 Å². The molecule has 0 saturated carbocycles. The van der Waals surface area contributed by atoms with Crippen molar-refractivity contribution in [1.82, 2.24) is 5.32 Å². The maximum atomic E-state index is 12.0. The fourth-order valence-electron chi connectivity index (χ4n) is 2.06. The Morgan fingerprint density at radius 2 is 1.84 bits per heavy atom. The molecule has 132 valence electrons. The second kappa shape index (κ2) is 9.27. The third-order valence-corrected chi connectivity index (χ3v) is 3.30. The van der Waals surface area contributed by atoms with Crippen molar-refractivity contribution >= 4 is 23.5 Å². The summed E-state index contributed by atoms with van der Waals surface area (Å²) in [5.74, 6) is -0.264. The molecule has 2 N–H and O–H groups in total. The molecule has 0 aliphatic rings. The van der Waals surface area contributed by atoms with Gasteiger partial charge in [0.1, 0.15) is 5.76 Å². The number of amides is 2. The third kappa shape index (κ3) is 6.14. The summed E-state index contributed by atoms with van der Waals surface area (Å²) in [6.45, 7) is 2.31. The van der Waals surface area contributed by atoms with E-state index in [-0.39, 0.29) is 24.7 Å². The van der Waals surface area contributed by atoms with Crippen LogP contribution in [0.2, 0.25) is 0 Å². The Morgan fingerprint density at radius 3 is 2.48 bits per heavy atom.